The van der Waals surface area contributed by atoms with Crippen LogP contribution in [-0.4, -0.2) is 18.3 Å². The minimum absolute atomic E-state index is 0.318. The Hall–Kier alpha value is -1.92. The first kappa shape index (κ1) is 13.1. The van der Waals surface area contributed by atoms with Crippen LogP contribution in [0.3, 0.4) is 0 Å². The first-order chi connectivity index (χ1) is 7.78. The van der Waals surface area contributed by atoms with Gasteiger partial charge in [-0.3, -0.25) is 4.79 Å². The topological polar surface area (TPSA) is 64.3 Å². The van der Waals surface area contributed by atoms with Crippen molar-refractivity contribution in [3.63, 3.8) is 0 Å². The minimum atomic E-state index is -4.74. The molecule has 0 bridgehead atoms. The number of benzene rings is 1. The van der Waals surface area contributed by atoms with Crippen LogP contribution in [0, 0.1) is 0 Å². The molecule has 0 saturated heterocycles. The molecule has 0 aliphatic rings. The van der Waals surface area contributed by atoms with E-state index in [2.05, 4.69) is 10.1 Å². The second-order valence-corrected chi connectivity index (χ2v) is 3.34. The average molecular weight is 248 g/mol. The second kappa shape index (κ2) is 4.94. The molecule has 0 saturated carbocycles. The van der Waals surface area contributed by atoms with Gasteiger partial charge < -0.3 is 15.8 Å². The molecule has 0 aromatic heterocycles. The van der Waals surface area contributed by atoms with E-state index in [9.17, 15) is 18.0 Å². The summed E-state index contributed by atoms with van der Waals surface area (Å²) in [6.07, 6.45) is -4.74. The highest BCUT2D eigenvalue weighted by Gasteiger charge is 2.31. The number of halogens is 3. The normalized spacial score (nSPS) is 12.9. The van der Waals surface area contributed by atoms with E-state index in [1.807, 2.05) is 0 Å². The number of alkyl halides is 3. The fourth-order valence-corrected chi connectivity index (χ4v) is 1.10. The zero-order valence-electron chi connectivity index (χ0n) is 8.91. The molecular weight excluding hydrogens is 237 g/mol. The van der Waals surface area contributed by atoms with Gasteiger partial charge in [-0.25, -0.2) is 0 Å². The smallest absolute Gasteiger partial charge is 0.406 e. The van der Waals surface area contributed by atoms with Crippen molar-refractivity contribution in [3.8, 4) is 5.75 Å². The van der Waals surface area contributed by atoms with Crippen molar-refractivity contribution < 1.29 is 22.7 Å². The number of rotatable bonds is 4. The van der Waals surface area contributed by atoms with Crippen LogP contribution in [0.15, 0.2) is 24.3 Å². The Labute approximate surface area is 95.6 Å². The predicted octanol–water partition coefficient (Wildman–Crippen LogP) is 1.87. The van der Waals surface area contributed by atoms with Crippen molar-refractivity contribution >= 4 is 11.6 Å². The van der Waals surface area contributed by atoms with E-state index in [4.69, 9.17) is 5.73 Å². The zero-order chi connectivity index (χ0) is 13.1. The molecule has 4 nitrogen and oxygen atoms in total. The van der Waals surface area contributed by atoms with Gasteiger partial charge in [-0.15, -0.1) is 13.2 Å². The van der Waals surface area contributed by atoms with Crippen LogP contribution < -0.4 is 15.8 Å². The molecular formula is C10H11F3N2O2. The summed E-state index contributed by atoms with van der Waals surface area (Å²) in [6, 6.07) is 4.48. The van der Waals surface area contributed by atoms with Gasteiger partial charge >= 0.3 is 6.36 Å². The molecule has 0 aliphatic heterocycles. The third-order valence-electron chi connectivity index (χ3n) is 1.88. The van der Waals surface area contributed by atoms with Crippen molar-refractivity contribution in [1.82, 2.24) is 0 Å². The van der Waals surface area contributed by atoms with Crippen LogP contribution >= 0.6 is 0 Å². The minimum Gasteiger partial charge on any atom is -0.406 e. The number of nitrogens with one attached hydrogen (secondary N) is 1. The fraction of sp³-hybridized carbons (Fsp3) is 0.300. The molecule has 1 amide bonds. The quantitative estimate of drug-likeness (QED) is 0.854. The molecule has 1 unspecified atom stereocenters. The number of hydrogen-bond acceptors (Lipinski definition) is 3. The lowest BCUT2D eigenvalue weighted by atomic mass is 10.2. The third-order valence-corrected chi connectivity index (χ3v) is 1.88. The number of hydrogen-bond donors (Lipinski definition) is 2. The van der Waals surface area contributed by atoms with Crippen LogP contribution in [0.2, 0.25) is 0 Å². The molecule has 7 heteroatoms. The van der Waals surface area contributed by atoms with Crippen LogP contribution in [0.1, 0.15) is 6.92 Å². The highest BCUT2D eigenvalue weighted by Crippen LogP contribution is 2.25. The van der Waals surface area contributed by atoms with E-state index in [0.717, 1.165) is 12.1 Å². The summed E-state index contributed by atoms with van der Waals surface area (Å²) >= 11 is 0. The summed E-state index contributed by atoms with van der Waals surface area (Å²) in [6.45, 7) is 1.50. The highest BCUT2D eigenvalue weighted by atomic mass is 19.4. The first-order valence-electron chi connectivity index (χ1n) is 4.69. The van der Waals surface area contributed by atoms with Crippen molar-refractivity contribution in [2.45, 2.75) is 19.3 Å². The van der Waals surface area contributed by atoms with Crippen LogP contribution in [0.25, 0.3) is 0 Å². The fourth-order valence-electron chi connectivity index (χ4n) is 1.10. The van der Waals surface area contributed by atoms with Gasteiger partial charge in [0.2, 0.25) is 5.91 Å². The summed E-state index contributed by atoms with van der Waals surface area (Å²) < 4.78 is 39.6. The standard InChI is InChI=1S/C10H11F3N2O2/c1-6(9(14)16)15-7-3-2-4-8(5-7)17-10(11,12)13/h2-6,15H,1H3,(H2,14,16). The summed E-state index contributed by atoms with van der Waals surface area (Å²) in [5.74, 6) is -0.966. The Morgan fingerprint density at radius 2 is 2.12 bits per heavy atom. The number of amides is 1. The van der Waals surface area contributed by atoms with Crippen molar-refractivity contribution in [3.05, 3.63) is 24.3 Å². The largest absolute Gasteiger partial charge is 0.573 e. The molecule has 1 rings (SSSR count). The number of anilines is 1. The SMILES string of the molecule is CC(Nc1cccc(OC(F)(F)F)c1)C(N)=O. The molecule has 0 heterocycles. The summed E-state index contributed by atoms with van der Waals surface area (Å²) in [5, 5.41) is 2.65. The number of nitrogens with two attached hydrogens (primary N) is 1. The number of primary amides is 1. The Balaban J connectivity index is 2.76. The van der Waals surface area contributed by atoms with Gasteiger partial charge in [0, 0.05) is 11.8 Å². The van der Waals surface area contributed by atoms with E-state index >= 15 is 0 Å². The Morgan fingerprint density at radius 1 is 1.47 bits per heavy atom. The van der Waals surface area contributed by atoms with E-state index in [1.54, 1.807) is 0 Å². The molecule has 1 atom stereocenters. The van der Waals surface area contributed by atoms with E-state index in [-0.39, 0.29) is 5.75 Å². The van der Waals surface area contributed by atoms with Gasteiger partial charge in [-0.1, -0.05) is 6.07 Å². The summed E-state index contributed by atoms with van der Waals surface area (Å²) in [7, 11) is 0. The lowest BCUT2D eigenvalue weighted by Gasteiger charge is -2.13. The molecule has 0 spiro atoms. The Kier molecular flexibility index (Phi) is 3.82. The summed E-state index contributed by atoms with van der Waals surface area (Å²) in [5.41, 5.74) is 5.33. The van der Waals surface area contributed by atoms with Gasteiger partial charge in [0.15, 0.2) is 0 Å². The average Bonchev–Trinajstić information content (AvgIpc) is 2.15. The van der Waals surface area contributed by atoms with E-state index in [0.29, 0.717) is 5.69 Å². The van der Waals surface area contributed by atoms with Crippen LogP contribution in [-0.2, 0) is 4.79 Å². The monoisotopic (exact) mass is 248 g/mol. The zero-order valence-corrected chi connectivity index (χ0v) is 8.91. The van der Waals surface area contributed by atoms with E-state index in [1.165, 1.54) is 19.1 Å². The molecule has 0 aliphatic carbocycles. The van der Waals surface area contributed by atoms with Gasteiger partial charge in [-0.05, 0) is 19.1 Å². The molecule has 0 radical (unpaired) electrons. The molecule has 3 N–H and O–H groups in total. The van der Waals surface area contributed by atoms with Gasteiger partial charge in [0.25, 0.3) is 0 Å². The predicted molar refractivity (Wildman–Crippen MR) is 55.4 cm³/mol. The maximum absolute atomic E-state index is 11.9. The van der Waals surface area contributed by atoms with Gasteiger partial charge in [-0.2, -0.15) is 0 Å². The highest BCUT2D eigenvalue weighted by molar-refractivity contribution is 5.82. The molecule has 94 valence electrons. The van der Waals surface area contributed by atoms with Crippen molar-refractivity contribution in [2.24, 2.45) is 5.73 Å². The number of carbonyl (C=O) groups excluding carboxylic acids is 1. The molecule has 0 fully saturated rings. The summed E-state index contributed by atoms with van der Waals surface area (Å²) in [4.78, 5) is 10.8. The van der Waals surface area contributed by atoms with Gasteiger partial charge in [0.05, 0.1) is 0 Å². The third kappa shape index (κ3) is 4.62. The first-order valence-corrected chi connectivity index (χ1v) is 4.69. The van der Waals surface area contributed by atoms with Gasteiger partial charge in [0.1, 0.15) is 11.8 Å². The molecule has 1 aromatic carbocycles. The van der Waals surface area contributed by atoms with Crippen molar-refractivity contribution in [2.75, 3.05) is 5.32 Å². The Bertz CT molecular complexity index is 407. The van der Waals surface area contributed by atoms with Crippen molar-refractivity contribution in [1.29, 1.82) is 0 Å². The number of ether oxygens (including phenoxy) is 1. The number of carbonyl (C=O) groups is 1. The van der Waals surface area contributed by atoms with Crippen LogP contribution in [0.5, 0.6) is 5.75 Å². The van der Waals surface area contributed by atoms with Crippen LogP contribution in [0.4, 0.5) is 18.9 Å². The Morgan fingerprint density at radius 3 is 2.65 bits per heavy atom. The lowest BCUT2D eigenvalue weighted by Crippen LogP contribution is -2.32. The molecule has 17 heavy (non-hydrogen) atoms. The molecule has 1 aromatic rings. The lowest BCUT2D eigenvalue weighted by molar-refractivity contribution is -0.274. The van der Waals surface area contributed by atoms with E-state index < -0.39 is 18.3 Å². The maximum atomic E-state index is 11.9. The maximum Gasteiger partial charge on any atom is 0.573 e. The second-order valence-electron chi connectivity index (χ2n) is 3.34.